The molecule has 70 valence electrons. The van der Waals surface area contributed by atoms with E-state index >= 15 is 0 Å². The van der Waals surface area contributed by atoms with E-state index in [0.717, 1.165) is 17.8 Å². The second-order valence-corrected chi connectivity index (χ2v) is 5.71. The van der Waals surface area contributed by atoms with Crippen LogP contribution in [0.2, 0.25) is 0 Å². The van der Waals surface area contributed by atoms with Crippen LogP contribution in [0.25, 0.3) is 0 Å². The first-order valence-corrected chi connectivity index (χ1v) is 5.28. The second-order valence-electron chi connectivity index (χ2n) is 5.71. The van der Waals surface area contributed by atoms with Crippen LogP contribution in [0, 0.1) is 23.2 Å². The van der Waals surface area contributed by atoms with Crippen LogP contribution in [0.3, 0.4) is 0 Å². The molecule has 1 heteroatoms. The van der Waals surface area contributed by atoms with Crippen LogP contribution in [0.4, 0.5) is 0 Å². The summed E-state index contributed by atoms with van der Waals surface area (Å²) in [6.07, 6.45) is 2.99. The van der Waals surface area contributed by atoms with E-state index in [1.165, 1.54) is 25.9 Å². The lowest BCUT2D eigenvalue weighted by Crippen LogP contribution is -2.51. The molecule has 1 aliphatic carbocycles. The maximum atomic E-state index is 3.36. The molecule has 1 saturated heterocycles. The molecule has 2 fully saturated rings. The molecule has 1 N–H and O–H groups in total. The topological polar surface area (TPSA) is 12.0 Å². The highest BCUT2D eigenvalue weighted by Gasteiger charge is 2.42. The third-order valence-electron chi connectivity index (χ3n) is 3.88. The van der Waals surface area contributed by atoms with Crippen LogP contribution in [-0.4, -0.2) is 13.1 Å². The molecule has 1 heterocycles. The molecular formula is C11H21N. The van der Waals surface area contributed by atoms with Gasteiger partial charge in [-0.25, -0.2) is 0 Å². The van der Waals surface area contributed by atoms with E-state index in [1.54, 1.807) is 0 Å². The van der Waals surface area contributed by atoms with Gasteiger partial charge in [0.1, 0.15) is 0 Å². The smallest absolute Gasteiger partial charge is 0.000559 e. The number of rotatable bonds is 1. The Morgan fingerprint density at radius 3 is 1.92 bits per heavy atom. The lowest BCUT2D eigenvalue weighted by atomic mass is 9.59. The number of nitrogens with one attached hydrogen (secondary N) is 1. The van der Waals surface area contributed by atoms with Gasteiger partial charge in [0.15, 0.2) is 0 Å². The predicted octanol–water partition coefficient (Wildman–Crippen LogP) is 2.28. The van der Waals surface area contributed by atoms with Gasteiger partial charge in [-0.15, -0.1) is 0 Å². The largest absolute Gasteiger partial charge is 0.316 e. The van der Waals surface area contributed by atoms with Crippen molar-refractivity contribution in [1.29, 1.82) is 0 Å². The highest BCUT2D eigenvalue weighted by Crippen LogP contribution is 2.48. The summed E-state index contributed by atoms with van der Waals surface area (Å²) in [5, 5.41) is 3.36. The zero-order valence-corrected chi connectivity index (χ0v) is 8.56. The van der Waals surface area contributed by atoms with Crippen LogP contribution in [0.15, 0.2) is 0 Å². The summed E-state index contributed by atoms with van der Waals surface area (Å²) >= 11 is 0. The van der Waals surface area contributed by atoms with Gasteiger partial charge in [0.05, 0.1) is 0 Å². The van der Waals surface area contributed by atoms with Crippen LogP contribution in [-0.2, 0) is 0 Å². The summed E-state index contributed by atoms with van der Waals surface area (Å²) in [5.41, 5.74) is 0.563. The minimum atomic E-state index is 0.563. The number of hydrogen-bond acceptors (Lipinski definition) is 1. The first-order valence-electron chi connectivity index (χ1n) is 5.28. The molecule has 12 heavy (non-hydrogen) atoms. The zero-order valence-electron chi connectivity index (χ0n) is 8.56. The Balaban J connectivity index is 1.76. The van der Waals surface area contributed by atoms with Gasteiger partial charge in [0.2, 0.25) is 0 Å². The van der Waals surface area contributed by atoms with Crippen molar-refractivity contribution in [3.63, 3.8) is 0 Å². The second kappa shape index (κ2) is 2.73. The summed E-state index contributed by atoms with van der Waals surface area (Å²) in [6, 6.07) is 0. The van der Waals surface area contributed by atoms with Crippen molar-refractivity contribution in [2.75, 3.05) is 13.1 Å². The maximum Gasteiger partial charge on any atom is -0.000559 e. The van der Waals surface area contributed by atoms with Gasteiger partial charge in [0, 0.05) is 0 Å². The Morgan fingerprint density at radius 1 is 1.00 bits per heavy atom. The molecule has 1 aliphatic heterocycles. The van der Waals surface area contributed by atoms with Gasteiger partial charge in [-0.2, -0.15) is 0 Å². The number of hydrogen-bond donors (Lipinski definition) is 1. The molecule has 0 aromatic carbocycles. The molecule has 0 aromatic heterocycles. The average molecular weight is 167 g/mol. The Bertz CT molecular complexity index is 158. The Morgan fingerprint density at radius 2 is 1.58 bits per heavy atom. The fraction of sp³-hybridized carbons (Fsp3) is 1.00. The minimum Gasteiger partial charge on any atom is -0.316 e. The first kappa shape index (κ1) is 8.55. The molecule has 2 rings (SSSR count). The van der Waals surface area contributed by atoms with Crippen LogP contribution in [0.5, 0.6) is 0 Å². The van der Waals surface area contributed by atoms with E-state index in [-0.39, 0.29) is 0 Å². The summed E-state index contributed by atoms with van der Waals surface area (Å²) in [6.45, 7) is 9.73. The lowest BCUT2D eigenvalue weighted by Gasteiger charge is -2.49. The van der Waals surface area contributed by atoms with E-state index in [2.05, 4.69) is 26.1 Å². The van der Waals surface area contributed by atoms with Crippen molar-refractivity contribution in [1.82, 2.24) is 5.32 Å². The third-order valence-corrected chi connectivity index (χ3v) is 3.88. The summed E-state index contributed by atoms with van der Waals surface area (Å²) < 4.78 is 0. The SMILES string of the molecule is CC(C)(C)C1CC(C2CNC2)C1. The van der Waals surface area contributed by atoms with Crippen molar-refractivity contribution >= 4 is 0 Å². The molecule has 1 nitrogen and oxygen atoms in total. The van der Waals surface area contributed by atoms with E-state index in [0.29, 0.717) is 5.41 Å². The standard InChI is InChI=1S/C11H21N/c1-11(2,3)10-4-8(5-10)9-6-12-7-9/h8-10,12H,4-7H2,1-3H3. The van der Waals surface area contributed by atoms with Crippen molar-refractivity contribution in [2.24, 2.45) is 23.2 Å². The van der Waals surface area contributed by atoms with Gasteiger partial charge in [-0.3, -0.25) is 0 Å². The zero-order chi connectivity index (χ0) is 8.77. The van der Waals surface area contributed by atoms with Gasteiger partial charge in [0.25, 0.3) is 0 Å². The molecule has 0 unspecified atom stereocenters. The maximum absolute atomic E-state index is 3.36. The lowest BCUT2D eigenvalue weighted by molar-refractivity contribution is 0.0226. The molecule has 0 atom stereocenters. The van der Waals surface area contributed by atoms with Crippen LogP contribution in [0.1, 0.15) is 33.6 Å². The minimum absolute atomic E-state index is 0.563. The fourth-order valence-corrected chi connectivity index (χ4v) is 2.40. The van der Waals surface area contributed by atoms with Crippen molar-refractivity contribution < 1.29 is 0 Å². The van der Waals surface area contributed by atoms with Crippen molar-refractivity contribution in [3.05, 3.63) is 0 Å². The molecule has 0 bridgehead atoms. The highest BCUT2D eigenvalue weighted by molar-refractivity contribution is 4.94. The van der Waals surface area contributed by atoms with E-state index < -0.39 is 0 Å². The fourth-order valence-electron chi connectivity index (χ4n) is 2.40. The monoisotopic (exact) mass is 167 g/mol. The first-order chi connectivity index (χ1) is 5.57. The van der Waals surface area contributed by atoms with Crippen molar-refractivity contribution in [2.45, 2.75) is 33.6 Å². The van der Waals surface area contributed by atoms with Crippen LogP contribution < -0.4 is 5.32 Å². The Labute approximate surface area is 75.9 Å². The van der Waals surface area contributed by atoms with E-state index in [1.807, 2.05) is 0 Å². The molecule has 1 saturated carbocycles. The molecule has 0 aromatic rings. The van der Waals surface area contributed by atoms with Gasteiger partial charge in [-0.1, -0.05) is 20.8 Å². The summed E-state index contributed by atoms with van der Waals surface area (Å²) in [4.78, 5) is 0. The van der Waals surface area contributed by atoms with E-state index in [9.17, 15) is 0 Å². The summed E-state index contributed by atoms with van der Waals surface area (Å²) in [7, 11) is 0. The van der Waals surface area contributed by atoms with Gasteiger partial charge >= 0.3 is 0 Å². The normalized spacial score (nSPS) is 37.2. The quantitative estimate of drug-likeness (QED) is 0.632. The van der Waals surface area contributed by atoms with Gasteiger partial charge in [-0.05, 0) is 49.1 Å². The predicted molar refractivity (Wildman–Crippen MR) is 52.0 cm³/mol. The Hall–Kier alpha value is -0.0400. The molecule has 0 amide bonds. The van der Waals surface area contributed by atoms with Crippen molar-refractivity contribution in [3.8, 4) is 0 Å². The molecular weight excluding hydrogens is 146 g/mol. The highest BCUT2D eigenvalue weighted by atomic mass is 15.0. The van der Waals surface area contributed by atoms with Crippen LogP contribution >= 0.6 is 0 Å². The molecule has 0 radical (unpaired) electrons. The molecule has 0 spiro atoms. The summed E-state index contributed by atoms with van der Waals surface area (Å²) in [5.74, 6) is 3.10. The van der Waals surface area contributed by atoms with Gasteiger partial charge < -0.3 is 5.32 Å². The van der Waals surface area contributed by atoms with E-state index in [4.69, 9.17) is 0 Å². The Kier molecular flexibility index (Phi) is 1.95. The molecule has 2 aliphatic rings. The average Bonchev–Trinajstić information content (AvgIpc) is 1.67. The third kappa shape index (κ3) is 1.39.